The fraction of sp³-hybridized carbons (Fsp3) is 0.412. The van der Waals surface area contributed by atoms with Crippen LogP contribution < -0.4 is 5.32 Å². The van der Waals surface area contributed by atoms with Crippen LogP contribution in [0.25, 0.3) is 10.9 Å². The molecule has 6 heteroatoms. The summed E-state index contributed by atoms with van der Waals surface area (Å²) in [6, 6.07) is 4.10. The van der Waals surface area contributed by atoms with E-state index in [2.05, 4.69) is 10.3 Å². The summed E-state index contributed by atoms with van der Waals surface area (Å²) >= 11 is 0. The van der Waals surface area contributed by atoms with E-state index >= 15 is 0 Å². The third-order valence-electron chi connectivity index (χ3n) is 3.84. The molecule has 0 aliphatic carbocycles. The zero-order chi connectivity index (χ0) is 17.0. The molecule has 0 saturated heterocycles. The molecular formula is C17H21FN2O3. The number of aliphatic hydroxyl groups excluding tert-OH is 1. The molecule has 0 bridgehead atoms. The lowest BCUT2D eigenvalue weighted by Gasteiger charge is -2.23. The highest BCUT2D eigenvalue weighted by Crippen LogP contribution is 2.29. The second kappa shape index (κ2) is 7.37. The predicted molar refractivity (Wildman–Crippen MR) is 87.0 cm³/mol. The van der Waals surface area contributed by atoms with Crippen molar-refractivity contribution in [2.75, 3.05) is 18.5 Å². The van der Waals surface area contributed by atoms with Gasteiger partial charge in [-0.3, -0.25) is 4.98 Å². The fourth-order valence-electron chi connectivity index (χ4n) is 2.21. The Labute approximate surface area is 134 Å². The van der Waals surface area contributed by atoms with Crippen LogP contribution >= 0.6 is 0 Å². The van der Waals surface area contributed by atoms with Gasteiger partial charge in [-0.15, -0.1) is 0 Å². The van der Waals surface area contributed by atoms with Crippen molar-refractivity contribution in [3.8, 4) is 0 Å². The van der Waals surface area contributed by atoms with Crippen molar-refractivity contribution in [3.63, 3.8) is 0 Å². The van der Waals surface area contributed by atoms with Crippen molar-refractivity contribution in [2.45, 2.75) is 26.8 Å². The van der Waals surface area contributed by atoms with E-state index in [1.807, 2.05) is 13.8 Å². The van der Waals surface area contributed by atoms with Gasteiger partial charge in [-0.1, -0.05) is 6.92 Å². The van der Waals surface area contributed by atoms with E-state index < -0.39 is 11.8 Å². The summed E-state index contributed by atoms with van der Waals surface area (Å²) in [6.45, 7) is 5.73. The van der Waals surface area contributed by atoms with Crippen LogP contribution in [0.2, 0.25) is 0 Å². The summed E-state index contributed by atoms with van der Waals surface area (Å²) in [7, 11) is 0. The molecule has 0 aliphatic rings. The maximum absolute atomic E-state index is 13.6. The molecule has 2 unspecified atom stereocenters. The standard InChI is InChI=1S/C17H21FN2O3/c1-4-23-17(22)14-8-19-15-6-5-12(18)7-13(15)16(14)20-11(3)10(2)9-21/h5-8,10-11,21H,4,9H2,1-3H3,(H,19,20). The number of aromatic nitrogens is 1. The Morgan fingerprint density at radius 1 is 1.43 bits per heavy atom. The zero-order valence-electron chi connectivity index (χ0n) is 13.5. The Hall–Kier alpha value is -2.21. The largest absolute Gasteiger partial charge is 0.462 e. The molecule has 0 spiro atoms. The lowest BCUT2D eigenvalue weighted by Crippen LogP contribution is -2.27. The number of halogens is 1. The smallest absolute Gasteiger partial charge is 0.341 e. The number of carbonyl (C=O) groups is 1. The molecule has 2 atom stereocenters. The number of rotatable bonds is 6. The summed E-state index contributed by atoms with van der Waals surface area (Å²) in [4.78, 5) is 16.4. The van der Waals surface area contributed by atoms with Gasteiger partial charge in [-0.2, -0.15) is 0 Å². The minimum atomic E-state index is -0.516. The molecule has 1 aromatic carbocycles. The van der Waals surface area contributed by atoms with Crippen molar-refractivity contribution in [3.05, 3.63) is 35.8 Å². The van der Waals surface area contributed by atoms with Crippen molar-refractivity contribution in [2.24, 2.45) is 5.92 Å². The topological polar surface area (TPSA) is 71.5 Å². The van der Waals surface area contributed by atoms with Crippen LogP contribution in [-0.2, 0) is 4.74 Å². The monoisotopic (exact) mass is 320 g/mol. The molecule has 2 N–H and O–H groups in total. The normalized spacial score (nSPS) is 13.6. The molecule has 0 radical (unpaired) electrons. The van der Waals surface area contributed by atoms with Gasteiger partial charge in [-0.25, -0.2) is 9.18 Å². The van der Waals surface area contributed by atoms with Gasteiger partial charge in [-0.05, 0) is 38.0 Å². The Bertz CT molecular complexity index is 706. The molecule has 5 nitrogen and oxygen atoms in total. The SMILES string of the molecule is CCOC(=O)c1cnc2ccc(F)cc2c1NC(C)C(C)CO. The van der Waals surface area contributed by atoms with Gasteiger partial charge in [0, 0.05) is 24.2 Å². The van der Waals surface area contributed by atoms with Gasteiger partial charge in [0.15, 0.2) is 0 Å². The lowest BCUT2D eigenvalue weighted by molar-refractivity contribution is 0.0527. The first-order valence-corrected chi connectivity index (χ1v) is 7.60. The first-order valence-electron chi connectivity index (χ1n) is 7.60. The van der Waals surface area contributed by atoms with Crippen molar-refractivity contribution in [1.29, 1.82) is 0 Å². The molecule has 0 aliphatic heterocycles. The van der Waals surface area contributed by atoms with Gasteiger partial charge in [0.1, 0.15) is 11.4 Å². The van der Waals surface area contributed by atoms with E-state index in [9.17, 15) is 14.3 Å². The maximum Gasteiger partial charge on any atom is 0.341 e. The van der Waals surface area contributed by atoms with Crippen molar-refractivity contribution in [1.82, 2.24) is 4.98 Å². The van der Waals surface area contributed by atoms with Gasteiger partial charge in [0.05, 0.1) is 17.8 Å². The molecule has 1 heterocycles. The van der Waals surface area contributed by atoms with E-state index in [4.69, 9.17) is 4.74 Å². The fourth-order valence-corrected chi connectivity index (χ4v) is 2.21. The highest BCUT2D eigenvalue weighted by molar-refractivity contribution is 6.05. The van der Waals surface area contributed by atoms with Gasteiger partial charge < -0.3 is 15.2 Å². The van der Waals surface area contributed by atoms with Crippen LogP contribution in [-0.4, -0.2) is 35.3 Å². The maximum atomic E-state index is 13.6. The quantitative estimate of drug-likeness (QED) is 0.801. The molecule has 2 rings (SSSR count). The first kappa shape index (κ1) is 17.1. The molecule has 1 aromatic heterocycles. The summed E-state index contributed by atoms with van der Waals surface area (Å²) in [5.74, 6) is -0.967. The van der Waals surface area contributed by atoms with E-state index in [0.29, 0.717) is 16.6 Å². The van der Waals surface area contributed by atoms with Crippen LogP contribution in [0.15, 0.2) is 24.4 Å². The van der Waals surface area contributed by atoms with Crippen LogP contribution in [0.4, 0.5) is 10.1 Å². The second-order valence-corrected chi connectivity index (χ2v) is 5.52. The molecule has 0 fully saturated rings. The summed E-state index contributed by atoms with van der Waals surface area (Å²) < 4.78 is 18.7. The third-order valence-corrected chi connectivity index (χ3v) is 3.84. The Morgan fingerprint density at radius 3 is 2.83 bits per heavy atom. The molecule has 2 aromatic rings. The number of fused-ring (bicyclic) bond motifs is 1. The highest BCUT2D eigenvalue weighted by Gasteiger charge is 2.20. The number of nitrogens with zero attached hydrogens (tertiary/aromatic N) is 1. The first-order chi connectivity index (χ1) is 11.0. The van der Waals surface area contributed by atoms with Gasteiger partial charge in [0.2, 0.25) is 0 Å². The summed E-state index contributed by atoms with van der Waals surface area (Å²) in [5.41, 5.74) is 1.30. The Morgan fingerprint density at radius 2 is 2.17 bits per heavy atom. The van der Waals surface area contributed by atoms with Gasteiger partial charge in [0.25, 0.3) is 0 Å². The average Bonchev–Trinajstić information content (AvgIpc) is 2.54. The number of esters is 1. The molecule has 0 amide bonds. The molecular weight excluding hydrogens is 299 g/mol. The number of benzene rings is 1. The molecule has 124 valence electrons. The van der Waals surface area contributed by atoms with Crippen LogP contribution in [0.3, 0.4) is 0 Å². The number of hydrogen-bond donors (Lipinski definition) is 2. The number of hydrogen-bond acceptors (Lipinski definition) is 5. The minimum Gasteiger partial charge on any atom is -0.462 e. The third kappa shape index (κ3) is 3.76. The highest BCUT2D eigenvalue weighted by atomic mass is 19.1. The zero-order valence-corrected chi connectivity index (χ0v) is 13.5. The van der Waals surface area contributed by atoms with Crippen LogP contribution in [0.5, 0.6) is 0 Å². The van der Waals surface area contributed by atoms with Crippen molar-refractivity contribution >= 4 is 22.6 Å². The number of pyridine rings is 1. The van der Waals surface area contributed by atoms with E-state index in [0.717, 1.165) is 0 Å². The molecule has 0 saturated carbocycles. The number of carbonyl (C=O) groups excluding carboxylic acids is 1. The Kier molecular flexibility index (Phi) is 5.50. The number of anilines is 1. The number of aliphatic hydroxyl groups is 1. The number of nitrogens with one attached hydrogen (secondary N) is 1. The van der Waals surface area contributed by atoms with Gasteiger partial charge >= 0.3 is 5.97 Å². The van der Waals surface area contributed by atoms with Crippen LogP contribution in [0, 0.1) is 11.7 Å². The summed E-state index contributed by atoms with van der Waals surface area (Å²) in [5, 5.41) is 13.0. The lowest BCUT2D eigenvalue weighted by atomic mass is 10.0. The minimum absolute atomic E-state index is 0.000281. The predicted octanol–water partition coefficient (Wildman–Crippen LogP) is 2.98. The second-order valence-electron chi connectivity index (χ2n) is 5.52. The summed E-state index contributed by atoms with van der Waals surface area (Å²) in [6.07, 6.45) is 1.43. The molecule has 23 heavy (non-hydrogen) atoms. The number of ether oxygens (including phenoxy) is 1. The van der Waals surface area contributed by atoms with E-state index in [1.165, 1.54) is 18.3 Å². The average molecular weight is 320 g/mol. The Balaban J connectivity index is 2.56. The van der Waals surface area contributed by atoms with E-state index in [-0.39, 0.29) is 30.7 Å². The van der Waals surface area contributed by atoms with E-state index in [1.54, 1.807) is 13.0 Å². The van der Waals surface area contributed by atoms with Crippen LogP contribution in [0.1, 0.15) is 31.1 Å². The van der Waals surface area contributed by atoms with Crippen molar-refractivity contribution < 1.29 is 19.0 Å².